The van der Waals surface area contributed by atoms with Crippen molar-refractivity contribution in [1.29, 1.82) is 0 Å². The molecule has 0 aliphatic heterocycles. The summed E-state index contributed by atoms with van der Waals surface area (Å²) in [6.45, 7) is -0.635. The molecule has 6 nitrogen and oxygen atoms in total. The Hall–Kier alpha value is -2.08. The van der Waals surface area contributed by atoms with Crippen molar-refractivity contribution < 1.29 is 24.5 Å². The number of carboxylic acids is 1. The number of rotatable bonds is 6. The molecule has 0 aliphatic rings. The summed E-state index contributed by atoms with van der Waals surface area (Å²) in [6.07, 6.45) is 0.0494. The van der Waals surface area contributed by atoms with Gasteiger partial charge in [0.2, 0.25) is 5.91 Å². The van der Waals surface area contributed by atoms with Crippen LogP contribution in [-0.2, 0) is 16.0 Å². The number of carbonyl (C=O) groups excluding carboxylic acids is 1. The Kier molecular flexibility index (Phi) is 5.13. The molecule has 0 saturated carbocycles. The van der Waals surface area contributed by atoms with Gasteiger partial charge in [0.05, 0.1) is 20.1 Å². The molecule has 0 fully saturated rings. The van der Waals surface area contributed by atoms with E-state index >= 15 is 0 Å². The second kappa shape index (κ2) is 6.61. The van der Waals surface area contributed by atoms with Gasteiger partial charge in [-0.15, -0.1) is 0 Å². The van der Waals surface area contributed by atoms with E-state index in [0.717, 1.165) is 5.56 Å². The summed E-state index contributed by atoms with van der Waals surface area (Å²) in [4.78, 5) is 22.1. The maximum atomic E-state index is 11.5. The Balaban J connectivity index is 2.55. The summed E-state index contributed by atoms with van der Waals surface area (Å²) < 4.78 is 4.98. The number of benzene rings is 1. The van der Waals surface area contributed by atoms with Gasteiger partial charge in [-0.1, -0.05) is 12.1 Å². The molecule has 0 heterocycles. The number of amides is 1. The minimum atomic E-state index is -1.27. The first-order valence-corrected chi connectivity index (χ1v) is 5.32. The molecule has 0 bridgehead atoms. The van der Waals surface area contributed by atoms with Gasteiger partial charge >= 0.3 is 5.97 Å². The second-order valence-corrected chi connectivity index (χ2v) is 3.67. The van der Waals surface area contributed by atoms with Gasteiger partial charge in [0.15, 0.2) is 0 Å². The van der Waals surface area contributed by atoms with Crippen LogP contribution in [0.2, 0.25) is 0 Å². The highest BCUT2D eigenvalue weighted by molar-refractivity contribution is 5.84. The number of aliphatic hydroxyl groups excluding tert-OH is 1. The summed E-state index contributed by atoms with van der Waals surface area (Å²) in [7, 11) is 1.54. The molecule has 0 aliphatic carbocycles. The molecule has 0 aromatic heterocycles. The van der Waals surface area contributed by atoms with Crippen LogP contribution in [0.1, 0.15) is 5.56 Å². The fraction of sp³-hybridized carbons (Fsp3) is 0.333. The summed E-state index contributed by atoms with van der Waals surface area (Å²) in [6, 6.07) is 5.59. The molecule has 0 radical (unpaired) electrons. The van der Waals surface area contributed by atoms with Crippen molar-refractivity contribution in [3.63, 3.8) is 0 Å². The molecule has 1 aromatic carbocycles. The zero-order chi connectivity index (χ0) is 13.5. The zero-order valence-electron chi connectivity index (χ0n) is 9.92. The molecular weight excluding hydrogens is 238 g/mol. The lowest BCUT2D eigenvalue weighted by atomic mass is 10.1. The molecule has 1 aromatic rings. The van der Waals surface area contributed by atoms with Crippen LogP contribution < -0.4 is 10.1 Å². The van der Waals surface area contributed by atoms with Crippen molar-refractivity contribution >= 4 is 11.9 Å². The number of aliphatic carboxylic acids is 1. The predicted octanol–water partition coefficient (Wildman–Crippen LogP) is -0.201. The van der Waals surface area contributed by atoms with E-state index in [2.05, 4.69) is 5.32 Å². The van der Waals surface area contributed by atoms with Crippen molar-refractivity contribution in [3.8, 4) is 5.75 Å². The van der Waals surface area contributed by atoms with Gasteiger partial charge in [0.25, 0.3) is 0 Å². The number of hydrogen-bond acceptors (Lipinski definition) is 4. The van der Waals surface area contributed by atoms with Gasteiger partial charge in [-0.3, -0.25) is 4.79 Å². The molecule has 0 spiro atoms. The van der Waals surface area contributed by atoms with E-state index in [-0.39, 0.29) is 6.42 Å². The van der Waals surface area contributed by atoms with Crippen LogP contribution in [-0.4, -0.2) is 41.8 Å². The summed E-state index contributed by atoms with van der Waals surface area (Å²) >= 11 is 0. The number of carboxylic acid groups (broad SMARTS) is 1. The number of carbonyl (C=O) groups is 2. The van der Waals surface area contributed by atoms with Crippen LogP contribution in [0, 0.1) is 0 Å². The van der Waals surface area contributed by atoms with Gasteiger partial charge in [-0.05, 0) is 17.7 Å². The Morgan fingerprint density at radius 1 is 1.33 bits per heavy atom. The summed E-state index contributed by atoms with van der Waals surface area (Å²) in [5, 5.41) is 19.7. The molecule has 3 N–H and O–H groups in total. The maximum Gasteiger partial charge on any atom is 0.328 e. The third kappa shape index (κ3) is 4.06. The number of methoxy groups -OCH3 is 1. The van der Waals surface area contributed by atoms with Gasteiger partial charge < -0.3 is 20.3 Å². The molecule has 18 heavy (non-hydrogen) atoms. The highest BCUT2D eigenvalue weighted by atomic mass is 16.5. The van der Waals surface area contributed by atoms with Crippen LogP contribution in [0.25, 0.3) is 0 Å². The van der Waals surface area contributed by atoms with Crippen molar-refractivity contribution in [2.24, 2.45) is 0 Å². The fourth-order valence-electron chi connectivity index (χ4n) is 1.36. The van der Waals surface area contributed by atoms with Crippen LogP contribution in [0.4, 0.5) is 0 Å². The van der Waals surface area contributed by atoms with E-state index in [1.165, 1.54) is 0 Å². The largest absolute Gasteiger partial charge is 0.497 e. The van der Waals surface area contributed by atoms with Crippen LogP contribution in [0.15, 0.2) is 24.3 Å². The maximum absolute atomic E-state index is 11.5. The first-order chi connectivity index (χ1) is 8.56. The number of ether oxygens (including phenoxy) is 1. The number of nitrogens with one attached hydrogen (secondary N) is 1. The lowest BCUT2D eigenvalue weighted by molar-refractivity contribution is -0.142. The van der Waals surface area contributed by atoms with E-state index in [9.17, 15) is 9.59 Å². The van der Waals surface area contributed by atoms with Crippen molar-refractivity contribution in [2.45, 2.75) is 12.5 Å². The van der Waals surface area contributed by atoms with Crippen LogP contribution >= 0.6 is 0 Å². The lowest BCUT2D eigenvalue weighted by Gasteiger charge is -2.11. The van der Waals surface area contributed by atoms with E-state index in [1.54, 1.807) is 31.4 Å². The standard InChI is InChI=1S/C12H15NO5/c1-18-9-4-2-8(3-5-9)6-11(15)13-10(7-14)12(16)17/h2-5,10,14H,6-7H2,1H3,(H,13,15)(H,16,17)/t10-/m1/s1. The Labute approximate surface area is 104 Å². The molecule has 1 rings (SSSR count). The van der Waals surface area contributed by atoms with E-state index < -0.39 is 24.5 Å². The van der Waals surface area contributed by atoms with E-state index in [4.69, 9.17) is 14.9 Å². The van der Waals surface area contributed by atoms with E-state index in [1.807, 2.05) is 0 Å². The third-order valence-electron chi connectivity index (χ3n) is 2.34. The van der Waals surface area contributed by atoms with Crippen LogP contribution in [0.5, 0.6) is 5.75 Å². The minimum absolute atomic E-state index is 0.0494. The Morgan fingerprint density at radius 3 is 2.39 bits per heavy atom. The summed E-state index contributed by atoms with van der Waals surface area (Å²) in [5.41, 5.74) is 0.732. The number of aliphatic hydroxyl groups is 1. The van der Waals surface area contributed by atoms with Crippen molar-refractivity contribution in [1.82, 2.24) is 5.32 Å². The highest BCUT2D eigenvalue weighted by Gasteiger charge is 2.18. The normalized spacial score (nSPS) is 11.7. The number of hydrogen-bond donors (Lipinski definition) is 3. The third-order valence-corrected chi connectivity index (χ3v) is 2.34. The molecule has 1 amide bonds. The van der Waals surface area contributed by atoms with E-state index in [0.29, 0.717) is 5.75 Å². The fourth-order valence-corrected chi connectivity index (χ4v) is 1.36. The molecule has 0 unspecified atom stereocenters. The van der Waals surface area contributed by atoms with Gasteiger partial charge in [0, 0.05) is 0 Å². The van der Waals surface area contributed by atoms with Gasteiger partial charge in [-0.25, -0.2) is 4.79 Å². The highest BCUT2D eigenvalue weighted by Crippen LogP contribution is 2.11. The second-order valence-electron chi connectivity index (χ2n) is 3.67. The van der Waals surface area contributed by atoms with Crippen molar-refractivity contribution in [2.75, 3.05) is 13.7 Å². The topological polar surface area (TPSA) is 95.9 Å². The Bertz CT molecular complexity index is 415. The molecule has 1 atom stereocenters. The molecule has 98 valence electrons. The Morgan fingerprint density at radius 2 is 1.94 bits per heavy atom. The quantitative estimate of drug-likeness (QED) is 0.652. The molecular formula is C12H15NO5. The summed E-state index contributed by atoms with van der Waals surface area (Å²) in [5.74, 6) is -1.04. The average molecular weight is 253 g/mol. The van der Waals surface area contributed by atoms with Gasteiger partial charge in [-0.2, -0.15) is 0 Å². The van der Waals surface area contributed by atoms with Gasteiger partial charge in [0.1, 0.15) is 11.8 Å². The first-order valence-electron chi connectivity index (χ1n) is 5.32. The van der Waals surface area contributed by atoms with Crippen LogP contribution in [0.3, 0.4) is 0 Å². The zero-order valence-corrected chi connectivity index (χ0v) is 9.92. The average Bonchev–Trinajstić information content (AvgIpc) is 2.36. The minimum Gasteiger partial charge on any atom is -0.497 e. The first kappa shape index (κ1) is 14.0. The predicted molar refractivity (Wildman–Crippen MR) is 63.4 cm³/mol. The molecule has 6 heteroatoms. The molecule has 0 saturated heterocycles. The SMILES string of the molecule is COc1ccc(CC(=O)N[C@H](CO)C(=O)O)cc1. The lowest BCUT2D eigenvalue weighted by Crippen LogP contribution is -2.43. The smallest absolute Gasteiger partial charge is 0.328 e. The monoisotopic (exact) mass is 253 g/mol. The van der Waals surface area contributed by atoms with Crippen molar-refractivity contribution in [3.05, 3.63) is 29.8 Å².